The predicted molar refractivity (Wildman–Crippen MR) is 83.3 cm³/mol. The SMILES string of the molecule is Oc1ccc2c(c1)CC(NCC(O)c1ccccc1)CC2. The number of phenolic OH excluding ortho intramolecular Hbond substituents is 1. The fraction of sp³-hybridized carbons (Fsp3) is 0.333. The molecule has 1 aliphatic rings. The number of hydrogen-bond donors (Lipinski definition) is 3. The Morgan fingerprint density at radius 2 is 1.90 bits per heavy atom. The Balaban J connectivity index is 1.58. The van der Waals surface area contributed by atoms with Gasteiger partial charge in [0.05, 0.1) is 6.10 Å². The van der Waals surface area contributed by atoms with E-state index in [9.17, 15) is 10.2 Å². The zero-order valence-corrected chi connectivity index (χ0v) is 12.0. The molecule has 3 rings (SSSR count). The van der Waals surface area contributed by atoms with Crippen LogP contribution in [0.3, 0.4) is 0 Å². The maximum atomic E-state index is 10.2. The molecular weight excluding hydrogens is 262 g/mol. The molecule has 0 bridgehead atoms. The molecule has 3 heteroatoms. The maximum Gasteiger partial charge on any atom is 0.115 e. The van der Waals surface area contributed by atoms with E-state index in [1.165, 1.54) is 11.1 Å². The highest BCUT2D eigenvalue weighted by atomic mass is 16.3. The molecule has 2 aromatic carbocycles. The van der Waals surface area contributed by atoms with Crippen LogP contribution in [-0.4, -0.2) is 22.8 Å². The average molecular weight is 283 g/mol. The Morgan fingerprint density at radius 1 is 1.10 bits per heavy atom. The second-order valence-electron chi connectivity index (χ2n) is 5.73. The van der Waals surface area contributed by atoms with Crippen LogP contribution in [0.5, 0.6) is 5.75 Å². The normalized spacial score (nSPS) is 19.0. The van der Waals surface area contributed by atoms with Crippen LogP contribution < -0.4 is 5.32 Å². The van der Waals surface area contributed by atoms with Crippen LogP contribution in [0.4, 0.5) is 0 Å². The van der Waals surface area contributed by atoms with E-state index in [1.807, 2.05) is 42.5 Å². The first-order chi connectivity index (χ1) is 10.2. The Hall–Kier alpha value is -1.84. The molecule has 3 nitrogen and oxygen atoms in total. The van der Waals surface area contributed by atoms with Crippen LogP contribution in [0.15, 0.2) is 48.5 Å². The van der Waals surface area contributed by atoms with E-state index in [0.29, 0.717) is 18.3 Å². The number of fused-ring (bicyclic) bond motifs is 1. The summed E-state index contributed by atoms with van der Waals surface area (Å²) < 4.78 is 0. The van der Waals surface area contributed by atoms with Gasteiger partial charge >= 0.3 is 0 Å². The van der Waals surface area contributed by atoms with Crippen LogP contribution in [0.25, 0.3) is 0 Å². The lowest BCUT2D eigenvalue weighted by molar-refractivity contribution is 0.168. The first kappa shape index (κ1) is 14.1. The number of aryl methyl sites for hydroxylation is 1. The molecule has 0 aliphatic heterocycles. The molecule has 21 heavy (non-hydrogen) atoms. The highest BCUT2D eigenvalue weighted by molar-refractivity contribution is 5.37. The summed E-state index contributed by atoms with van der Waals surface area (Å²) in [6, 6.07) is 15.7. The summed E-state index contributed by atoms with van der Waals surface area (Å²) in [6.07, 6.45) is 2.52. The van der Waals surface area contributed by atoms with Crippen molar-refractivity contribution in [3.8, 4) is 5.75 Å². The minimum absolute atomic E-state index is 0.332. The molecule has 3 N–H and O–H groups in total. The lowest BCUT2D eigenvalue weighted by Crippen LogP contribution is -2.37. The lowest BCUT2D eigenvalue weighted by Gasteiger charge is -2.26. The van der Waals surface area contributed by atoms with Gasteiger partial charge in [-0.3, -0.25) is 0 Å². The van der Waals surface area contributed by atoms with Gasteiger partial charge in [-0.25, -0.2) is 0 Å². The Bertz CT molecular complexity index is 597. The van der Waals surface area contributed by atoms with Gasteiger partial charge in [0.25, 0.3) is 0 Å². The minimum Gasteiger partial charge on any atom is -0.508 e. The first-order valence-corrected chi connectivity index (χ1v) is 7.49. The number of rotatable bonds is 4. The maximum absolute atomic E-state index is 10.2. The van der Waals surface area contributed by atoms with Gasteiger partial charge in [-0.2, -0.15) is 0 Å². The molecule has 2 aromatic rings. The molecule has 2 atom stereocenters. The molecule has 0 amide bonds. The molecule has 0 radical (unpaired) electrons. The van der Waals surface area contributed by atoms with Crippen molar-refractivity contribution in [2.75, 3.05) is 6.54 Å². The molecule has 0 aromatic heterocycles. The summed E-state index contributed by atoms with van der Waals surface area (Å²) in [6.45, 7) is 0.558. The van der Waals surface area contributed by atoms with Gasteiger partial charge in [-0.15, -0.1) is 0 Å². The number of nitrogens with one attached hydrogen (secondary N) is 1. The summed E-state index contributed by atoms with van der Waals surface area (Å²) >= 11 is 0. The lowest BCUT2D eigenvalue weighted by atomic mass is 9.88. The van der Waals surface area contributed by atoms with Gasteiger partial charge in [0.2, 0.25) is 0 Å². The van der Waals surface area contributed by atoms with Crippen molar-refractivity contribution in [1.82, 2.24) is 5.32 Å². The number of aliphatic hydroxyl groups is 1. The summed E-state index contributed by atoms with van der Waals surface area (Å²) in [5.74, 6) is 0.332. The third-order valence-electron chi connectivity index (χ3n) is 4.20. The van der Waals surface area contributed by atoms with Crippen LogP contribution >= 0.6 is 0 Å². The second-order valence-corrected chi connectivity index (χ2v) is 5.73. The molecule has 1 aliphatic carbocycles. The zero-order chi connectivity index (χ0) is 14.7. The second kappa shape index (κ2) is 6.29. The number of aliphatic hydroxyl groups excluding tert-OH is 1. The van der Waals surface area contributed by atoms with Gasteiger partial charge < -0.3 is 15.5 Å². The summed E-state index contributed by atoms with van der Waals surface area (Å²) in [4.78, 5) is 0. The van der Waals surface area contributed by atoms with Crippen molar-refractivity contribution in [1.29, 1.82) is 0 Å². The van der Waals surface area contributed by atoms with Gasteiger partial charge in [0, 0.05) is 12.6 Å². The fourth-order valence-corrected chi connectivity index (χ4v) is 2.99. The van der Waals surface area contributed by atoms with Crippen LogP contribution in [0, 0.1) is 0 Å². The zero-order valence-electron chi connectivity index (χ0n) is 12.0. The van der Waals surface area contributed by atoms with Crippen LogP contribution in [0.2, 0.25) is 0 Å². The molecular formula is C18H21NO2. The van der Waals surface area contributed by atoms with Crippen molar-refractivity contribution in [3.05, 3.63) is 65.2 Å². The van der Waals surface area contributed by atoms with Crippen LogP contribution in [0.1, 0.15) is 29.2 Å². The molecule has 0 saturated carbocycles. The monoisotopic (exact) mass is 283 g/mol. The predicted octanol–water partition coefficient (Wildman–Crippen LogP) is 2.57. The van der Waals surface area contributed by atoms with Crippen molar-refractivity contribution in [2.24, 2.45) is 0 Å². The van der Waals surface area contributed by atoms with E-state index in [4.69, 9.17) is 0 Å². The quantitative estimate of drug-likeness (QED) is 0.808. The van der Waals surface area contributed by atoms with Gasteiger partial charge in [-0.1, -0.05) is 36.4 Å². The standard InChI is InChI=1S/C18H21NO2/c20-17-9-7-13-6-8-16(10-15(13)11-17)19-12-18(21)14-4-2-1-3-5-14/h1-5,7,9,11,16,18-21H,6,8,10,12H2. The number of benzene rings is 2. The molecule has 0 spiro atoms. The number of hydrogen-bond acceptors (Lipinski definition) is 3. The third kappa shape index (κ3) is 3.43. The van der Waals surface area contributed by atoms with E-state index >= 15 is 0 Å². The van der Waals surface area contributed by atoms with Gasteiger partial charge in [0.15, 0.2) is 0 Å². The van der Waals surface area contributed by atoms with E-state index in [0.717, 1.165) is 24.8 Å². The molecule has 0 fully saturated rings. The topological polar surface area (TPSA) is 52.5 Å². The van der Waals surface area contributed by atoms with E-state index in [1.54, 1.807) is 6.07 Å². The molecule has 0 saturated heterocycles. The van der Waals surface area contributed by atoms with Gasteiger partial charge in [-0.05, 0) is 48.1 Å². The summed E-state index contributed by atoms with van der Waals surface area (Å²) in [5.41, 5.74) is 3.49. The summed E-state index contributed by atoms with van der Waals surface area (Å²) in [7, 11) is 0. The Morgan fingerprint density at radius 3 is 2.71 bits per heavy atom. The highest BCUT2D eigenvalue weighted by Gasteiger charge is 2.19. The highest BCUT2D eigenvalue weighted by Crippen LogP contribution is 2.25. The van der Waals surface area contributed by atoms with E-state index in [-0.39, 0.29) is 0 Å². The van der Waals surface area contributed by atoms with Crippen molar-refractivity contribution >= 4 is 0 Å². The van der Waals surface area contributed by atoms with E-state index in [2.05, 4.69) is 5.32 Å². The molecule has 2 unspecified atom stereocenters. The number of aromatic hydroxyl groups is 1. The largest absolute Gasteiger partial charge is 0.508 e. The smallest absolute Gasteiger partial charge is 0.115 e. The summed E-state index contributed by atoms with van der Waals surface area (Å²) in [5, 5.41) is 23.2. The van der Waals surface area contributed by atoms with Gasteiger partial charge in [0.1, 0.15) is 5.75 Å². The molecule has 110 valence electrons. The first-order valence-electron chi connectivity index (χ1n) is 7.49. The molecule has 0 heterocycles. The average Bonchev–Trinajstić information content (AvgIpc) is 2.53. The Labute approximate surface area is 125 Å². The van der Waals surface area contributed by atoms with Crippen molar-refractivity contribution in [3.63, 3.8) is 0 Å². The van der Waals surface area contributed by atoms with Crippen molar-refractivity contribution < 1.29 is 10.2 Å². The van der Waals surface area contributed by atoms with E-state index < -0.39 is 6.10 Å². The Kier molecular flexibility index (Phi) is 4.23. The fourth-order valence-electron chi connectivity index (χ4n) is 2.99. The minimum atomic E-state index is -0.475. The van der Waals surface area contributed by atoms with Crippen molar-refractivity contribution in [2.45, 2.75) is 31.4 Å². The number of phenols is 1. The van der Waals surface area contributed by atoms with Crippen LogP contribution in [-0.2, 0) is 12.8 Å². The third-order valence-corrected chi connectivity index (χ3v) is 4.20.